The third kappa shape index (κ3) is 2.86. The Kier molecular flexibility index (Phi) is 3.01. The number of ketones is 1. The van der Waals surface area contributed by atoms with Gasteiger partial charge in [0.05, 0.1) is 0 Å². The number of Topliss-reactive ketones (excluding diaryl/α,β-unsaturated/α-hetero) is 1. The van der Waals surface area contributed by atoms with Gasteiger partial charge in [-0.15, -0.1) is 0 Å². The highest BCUT2D eigenvalue weighted by Crippen LogP contribution is 2.19. The summed E-state index contributed by atoms with van der Waals surface area (Å²) in [6, 6.07) is 3.73. The number of benzene rings is 1. The molecule has 1 N–H and O–H groups in total. The first-order valence-electron chi connectivity index (χ1n) is 4.06. The molecule has 0 aliphatic rings. The van der Waals surface area contributed by atoms with Crippen molar-refractivity contribution in [2.45, 2.75) is 19.8 Å². The van der Waals surface area contributed by atoms with Crippen molar-refractivity contribution >= 4 is 5.78 Å². The van der Waals surface area contributed by atoms with Gasteiger partial charge >= 0.3 is 0 Å². The van der Waals surface area contributed by atoms with Gasteiger partial charge in [-0.05, 0) is 37.1 Å². The Morgan fingerprint density at radius 1 is 1.54 bits per heavy atom. The number of hydrogen-bond acceptors (Lipinski definition) is 2. The molecule has 2 nitrogen and oxygen atoms in total. The fourth-order valence-electron chi connectivity index (χ4n) is 1.07. The summed E-state index contributed by atoms with van der Waals surface area (Å²) in [6.45, 7) is 1.47. The van der Waals surface area contributed by atoms with Gasteiger partial charge in [0.25, 0.3) is 0 Å². The number of hydrogen-bond donors (Lipinski definition) is 1. The molecule has 0 unspecified atom stereocenters. The van der Waals surface area contributed by atoms with Crippen LogP contribution < -0.4 is 0 Å². The minimum atomic E-state index is -0.392. The van der Waals surface area contributed by atoms with Crippen LogP contribution in [0.3, 0.4) is 0 Å². The van der Waals surface area contributed by atoms with E-state index in [2.05, 4.69) is 0 Å². The van der Waals surface area contributed by atoms with E-state index in [1.165, 1.54) is 25.1 Å². The highest BCUT2D eigenvalue weighted by molar-refractivity contribution is 5.75. The summed E-state index contributed by atoms with van der Waals surface area (Å²) in [7, 11) is 0. The van der Waals surface area contributed by atoms with Gasteiger partial charge in [0, 0.05) is 6.42 Å². The van der Waals surface area contributed by atoms with Crippen LogP contribution in [0.15, 0.2) is 18.2 Å². The lowest BCUT2D eigenvalue weighted by Crippen LogP contribution is -1.94. The van der Waals surface area contributed by atoms with Crippen molar-refractivity contribution in [1.82, 2.24) is 0 Å². The molecule has 0 saturated carbocycles. The fourth-order valence-corrected chi connectivity index (χ4v) is 1.07. The summed E-state index contributed by atoms with van der Waals surface area (Å²) >= 11 is 0. The van der Waals surface area contributed by atoms with E-state index < -0.39 is 5.82 Å². The van der Waals surface area contributed by atoms with E-state index >= 15 is 0 Å². The third-order valence-corrected chi connectivity index (χ3v) is 1.79. The lowest BCUT2D eigenvalue weighted by Gasteiger charge is -2.02. The highest BCUT2D eigenvalue weighted by Gasteiger charge is 2.03. The van der Waals surface area contributed by atoms with E-state index in [0.717, 1.165) is 0 Å². The van der Waals surface area contributed by atoms with Gasteiger partial charge in [0.1, 0.15) is 17.3 Å². The SMILES string of the molecule is CC(=O)CCc1cc(F)ccc1O. The topological polar surface area (TPSA) is 37.3 Å². The molecule has 70 valence electrons. The minimum absolute atomic E-state index is 0.0312. The van der Waals surface area contributed by atoms with Crippen molar-refractivity contribution in [2.24, 2.45) is 0 Å². The van der Waals surface area contributed by atoms with Crippen LogP contribution in [0.4, 0.5) is 4.39 Å². The van der Waals surface area contributed by atoms with Crippen molar-refractivity contribution < 1.29 is 14.3 Å². The normalized spacial score (nSPS) is 10.0. The predicted octanol–water partition coefficient (Wildman–Crippen LogP) is 2.05. The average molecular weight is 182 g/mol. The number of phenolic OH excluding ortho intramolecular Hbond substituents is 1. The molecule has 0 aliphatic carbocycles. The zero-order valence-electron chi connectivity index (χ0n) is 7.38. The van der Waals surface area contributed by atoms with E-state index in [1.807, 2.05) is 0 Å². The molecule has 1 aromatic rings. The summed E-state index contributed by atoms with van der Waals surface area (Å²) in [4.78, 5) is 10.6. The Morgan fingerprint density at radius 2 is 2.23 bits per heavy atom. The standard InChI is InChI=1S/C10H11FO2/c1-7(12)2-3-8-6-9(11)4-5-10(8)13/h4-6,13H,2-3H2,1H3. The molecule has 1 aromatic carbocycles. The van der Waals surface area contributed by atoms with Gasteiger partial charge in [0.15, 0.2) is 0 Å². The van der Waals surface area contributed by atoms with Crippen LogP contribution in [0.2, 0.25) is 0 Å². The number of rotatable bonds is 3. The molecule has 0 fully saturated rings. The first kappa shape index (κ1) is 9.71. The second-order valence-corrected chi connectivity index (χ2v) is 2.98. The molecule has 0 spiro atoms. The van der Waals surface area contributed by atoms with Crippen LogP contribution in [-0.4, -0.2) is 10.9 Å². The average Bonchev–Trinajstić information content (AvgIpc) is 2.06. The zero-order valence-corrected chi connectivity index (χ0v) is 7.38. The molecule has 0 atom stereocenters. The number of aromatic hydroxyl groups is 1. The second kappa shape index (κ2) is 4.03. The monoisotopic (exact) mass is 182 g/mol. The molecular formula is C10H11FO2. The predicted molar refractivity (Wildman–Crippen MR) is 47.1 cm³/mol. The maximum Gasteiger partial charge on any atom is 0.130 e. The summed E-state index contributed by atoms with van der Waals surface area (Å²) in [5.41, 5.74) is 0.482. The van der Waals surface area contributed by atoms with E-state index in [4.69, 9.17) is 0 Å². The second-order valence-electron chi connectivity index (χ2n) is 2.98. The zero-order chi connectivity index (χ0) is 9.84. The van der Waals surface area contributed by atoms with Crippen molar-refractivity contribution in [3.63, 3.8) is 0 Å². The molecule has 0 bridgehead atoms. The molecule has 0 saturated heterocycles. The first-order valence-corrected chi connectivity index (χ1v) is 4.06. The van der Waals surface area contributed by atoms with Crippen LogP contribution in [0.25, 0.3) is 0 Å². The molecular weight excluding hydrogens is 171 g/mol. The lowest BCUT2D eigenvalue weighted by atomic mass is 10.1. The van der Waals surface area contributed by atoms with E-state index in [9.17, 15) is 14.3 Å². The molecule has 3 heteroatoms. The smallest absolute Gasteiger partial charge is 0.130 e. The molecule has 0 radical (unpaired) electrons. The van der Waals surface area contributed by atoms with E-state index in [-0.39, 0.29) is 11.5 Å². The maximum absolute atomic E-state index is 12.7. The molecule has 0 aromatic heterocycles. The number of carbonyl (C=O) groups excluding carboxylic acids is 1. The number of carbonyl (C=O) groups is 1. The molecule has 1 rings (SSSR count). The van der Waals surface area contributed by atoms with Crippen molar-refractivity contribution in [1.29, 1.82) is 0 Å². The Bertz CT molecular complexity index is 321. The number of aryl methyl sites for hydroxylation is 1. The fraction of sp³-hybridized carbons (Fsp3) is 0.300. The largest absolute Gasteiger partial charge is 0.508 e. The van der Waals surface area contributed by atoms with E-state index in [0.29, 0.717) is 18.4 Å². The Labute approximate surface area is 76.0 Å². The summed E-state index contributed by atoms with van der Waals surface area (Å²) in [6.07, 6.45) is 0.718. The maximum atomic E-state index is 12.7. The first-order chi connectivity index (χ1) is 6.09. The van der Waals surface area contributed by atoms with Crippen LogP contribution in [0.5, 0.6) is 5.75 Å². The number of phenols is 1. The van der Waals surface area contributed by atoms with Crippen LogP contribution in [0.1, 0.15) is 18.9 Å². The van der Waals surface area contributed by atoms with Gasteiger partial charge in [-0.25, -0.2) is 4.39 Å². The molecule has 13 heavy (non-hydrogen) atoms. The minimum Gasteiger partial charge on any atom is -0.508 e. The lowest BCUT2D eigenvalue weighted by molar-refractivity contribution is -0.116. The van der Waals surface area contributed by atoms with Crippen LogP contribution in [-0.2, 0) is 11.2 Å². The van der Waals surface area contributed by atoms with Gasteiger partial charge < -0.3 is 9.90 Å². The van der Waals surface area contributed by atoms with Crippen LogP contribution >= 0.6 is 0 Å². The molecule has 0 amide bonds. The molecule has 0 aliphatic heterocycles. The van der Waals surface area contributed by atoms with Crippen molar-refractivity contribution in [3.05, 3.63) is 29.6 Å². The van der Waals surface area contributed by atoms with Gasteiger partial charge in [-0.2, -0.15) is 0 Å². The van der Waals surface area contributed by atoms with Gasteiger partial charge in [-0.3, -0.25) is 0 Å². The van der Waals surface area contributed by atoms with Crippen LogP contribution in [0, 0.1) is 5.82 Å². The molecule has 0 heterocycles. The summed E-state index contributed by atoms with van der Waals surface area (Å²) in [5.74, 6) is -0.317. The van der Waals surface area contributed by atoms with Crippen molar-refractivity contribution in [2.75, 3.05) is 0 Å². The summed E-state index contributed by atoms with van der Waals surface area (Å²) < 4.78 is 12.7. The Morgan fingerprint density at radius 3 is 2.85 bits per heavy atom. The van der Waals surface area contributed by atoms with Crippen molar-refractivity contribution in [3.8, 4) is 5.75 Å². The van der Waals surface area contributed by atoms with Gasteiger partial charge in [-0.1, -0.05) is 0 Å². The highest BCUT2D eigenvalue weighted by atomic mass is 19.1. The third-order valence-electron chi connectivity index (χ3n) is 1.79. The summed E-state index contributed by atoms with van der Waals surface area (Å²) in [5, 5.41) is 9.27. The Hall–Kier alpha value is -1.38. The number of halogens is 1. The van der Waals surface area contributed by atoms with E-state index in [1.54, 1.807) is 0 Å². The van der Waals surface area contributed by atoms with Gasteiger partial charge in [0.2, 0.25) is 0 Å². The quantitative estimate of drug-likeness (QED) is 0.776. The Balaban J connectivity index is 2.75.